The van der Waals surface area contributed by atoms with Crippen LogP contribution >= 0.6 is 0 Å². The number of alkyl halides is 3. The van der Waals surface area contributed by atoms with Gasteiger partial charge in [-0.15, -0.1) is 0 Å². The quantitative estimate of drug-likeness (QED) is 0.606. The van der Waals surface area contributed by atoms with E-state index in [0.717, 1.165) is 5.56 Å². The summed E-state index contributed by atoms with van der Waals surface area (Å²) in [7, 11) is 3.29. The standard InChI is InChI=1S/C19H27F3N4O/c1-26(2)17(27)13-24-18(23-12-14-7-4-3-5-8-14)25-16-10-6-9-15(11-16)19(20,21)22/h3-5,7-8,15-16H,6,9-13H2,1-2H3,(H2,23,24,25). The molecule has 0 saturated heterocycles. The number of guanidine groups is 1. The van der Waals surface area contributed by atoms with Gasteiger partial charge in [0.15, 0.2) is 5.96 Å². The van der Waals surface area contributed by atoms with Gasteiger partial charge in [0.25, 0.3) is 0 Å². The summed E-state index contributed by atoms with van der Waals surface area (Å²) in [5, 5.41) is 6.03. The Labute approximate surface area is 158 Å². The first-order chi connectivity index (χ1) is 12.8. The number of nitrogens with one attached hydrogen (secondary N) is 2. The van der Waals surface area contributed by atoms with Crippen LogP contribution in [0.5, 0.6) is 0 Å². The predicted octanol–water partition coefficient (Wildman–Crippen LogP) is 2.93. The topological polar surface area (TPSA) is 56.7 Å². The fraction of sp³-hybridized carbons (Fsp3) is 0.579. The molecule has 0 aliphatic heterocycles. The van der Waals surface area contributed by atoms with Crippen LogP contribution in [0.3, 0.4) is 0 Å². The average Bonchev–Trinajstić information content (AvgIpc) is 2.64. The molecule has 5 nitrogen and oxygen atoms in total. The predicted molar refractivity (Wildman–Crippen MR) is 99.2 cm³/mol. The second kappa shape index (κ2) is 9.62. The smallest absolute Gasteiger partial charge is 0.354 e. The molecule has 0 aromatic heterocycles. The summed E-state index contributed by atoms with van der Waals surface area (Å²) in [6.07, 6.45) is -2.80. The Hall–Kier alpha value is -2.25. The first-order valence-corrected chi connectivity index (χ1v) is 9.11. The fourth-order valence-corrected chi connectivity index (χ4v) is 3.04. The second-order valence-corrected chi connectivity index (χ2v) is 7.04. The van der Waals surface area contributed by atoms with Crippen LogP contribution in [-0.4, -0.2) is 49.6 Å². The number of likely N-dealkylation sites (N-methyl/N-ethyl adjacent to an activating group) is 1. The Kier molecular flexibility index (Phi) is 7.50. The molecule has 0 heterocycles. The number of halogens is 3. The second-order valence-electron chi connectivity index (χ2n) is 7.04. The molecule has 8 heteroatoms. The van der Waals surface area contributed by atoms with Crippen LogP contribution in [0.15, 0.2) is 35.3 Å². The molecule has 1 aromatic carbocycles. The molecule has 1 aliphatic carbocycles. The van der Waals surface area contributed by atoms with Crippen LogP contribution in [0.1, 0.15) is 31.2 Å². The third-order valence-electron chi connectivity index (χ3n) is 4.65. The van der Waals surface area contributed by atoms with E-state index >= 15 is 0 Å². The van der Waals surface area contributed by atoms with Gasteiger partial charge in [-0.3, -0.25) is 4.79 Å². The number of carbonyl (C=O) groups excluding carboxylic acids is 1. The molecule has 0 spiro atoms. The molecule has 2 atom stereocenters. The van der Waals surface area contributed by atoms with Gasteiger partial charge in [-0.2, -0.15) is 13.2 Å². The summed E-state index contributed by atoms with van der Waals surface area (Å²) < 4.78 is 39.1. The summed E-state index contributed by atoms with van der Waals surface area (Å²) in [6.45, 7) is 0.408. The molecular formula is C19H27F3N4O. The lowest BCUT2D eigenvalue weighted by Crippen LogP contribution is -2.49. The van der Waals surface area contributed by atoms with E-state index in [0.29, 0.717) is 25.3 Å². The van der Waals surface area contributed by atoms with Crippen molar-refractivity contribution in [2.75, 3.05) is 20.6 Å². The number of benzene rings is 1. The first-order valence-electron chi connectivity index (χ1n) is 9.11. The van der Waals surface area contributed by atoms with Gasteiger partial charge in [0.1, 0.15) is 0 Å². The zero-order valence-corrected chi connectivity index (χ0v) is 15.7. The highest BCUT2D eigenvalue weighted by Gasteiger charge is 2.42. The monoisotopic (exact) mass is 384 g/mol. The molecule has 27 heavy (non-hydrogen) atoms. The summed E-state index contributed by atoms with van der Waals surface area (Å²) in [4.78, 5) is 17.7. The van der Waals surface area contributed by atoms with Crippen molar-refractivity contribution < 1.29 is 18.0 Å². The van der Waals surface area contributed by atoms with Crippen molar-refractivity contribution in [3.05, 3.63) is 35.9 Å². The molecule has 2 rings (SSSR count). The summed E-state index contributed by atoms with van der Waals surface area (Å²) in [6, 6.07) is 9.23. The van der Waals surface area contributed by atoms with Crippen LogP contribution in [-0.2, 0) is 11.3 Å². The summed E-state index contributed by atoms with van der Waals surface area (Å²) >= 11 is 0. The van der Waals surface area contributed by atoms with Crippen LogP contribution in [0.4, 0.5) is 13.2 Å². The van der Waals surface area contributed by atoms with Crippen molar-refractivity contribution in [3.8, 4) is 0 Å². The molecule has 1 saturated carbocycles. The van der Waals surface area contributed by atoms with Crippen molar-refractivity contribution in [2.45, 2.75) is 44.4 Å². The molecule has 1 aromatic rings. The maximum absolute atomic E-state index is 13.0. The van der Waals surface area contributed by atoms with Crippen molar-refractivity contribution in [3.63, 3.8) is 0 Å². The largest absolute Gasteiger partial charge is 0.391 e. The minimum Gasteiger partial charge on any atom is -0.354 e. The van der Waals surface area contributed by atoms with Gasteiger partial charge in [0.2, 0.25) is 5.91 Å². The van der Waals surface area contributed by atoms with Crippen LogP contribution in [0, 0.1) is 5.92 Å². The van der Waals surface area contributed by atoms with E-state index in [2.05, 4.69) is 15.6 Å². The molecule has 0 radical (unpaired) electrons. The maximum atomic E-state index is 13.0. The lowest BCUT2D eigenvalue weighted by atomic mass is 9.85. The fourth-order valence-electron chi connectivity index (χ4n) is 3.04. The van der Waals surface area contributed by atoms with Gasteiger partial charge < -0.3 is 15.5 Å². The van der Waals surface area contributed by atoms with Gasteiger partial charge in [0.05, 0.1) is 19.0 Å². The molecule has 2 unspecified atom stereocenters. The SMILES string of the molecule is CN(C)C(=O)CNC(=NCc1ccccc1)NC1CCCC(C(F)(F)F)C1. The minimum absolute atomic E-state index is 0.0250. The molecule has 1 amide bonds. The molecular weight excluding hydrogens is 357 g/mol. The van der Waals surface area contributed by atoms with Crippen LogP contribution in [0.25, 0.3) is 0 Å². The molecule has 150 valence electrons. The summed E-state index contributed by atoms with van der Waals surface area (Å²) in [5.41, 5.74) is 0.981. The highest BCUT2D eigenvalue weighted by molar-refractivity contribution is 5.86. The van der Waals surface area contributed by atoms with Gasteiger partial charge in [-0.25, -0.2) is 4.99 Å². The van der Waals surface area contributed by atoms with Gasteiger partial charge >= 0.3 is 6.18 Å². The molecule has 1 aliphatic rings. The maximum Gasteiger partial charge on any atom is 0.391 e. The number of hydrogen-bond acceptors (Lipinski definition) is 2. The normalized spacial score (nSPS) is 20.9. The zero-order valence-electron chi connectivity index (χ0n) is 15.7. The van der Waals surface area contributed by atoms with Crippen LogP contribution < -0.4 is 10.6 Å². The number of rotatable bonds is 5. The Bertz CT molecular complexity index is 632. The summed E-state index contributed by atoms with van der Waals surface area (Å²) in [5.74, 6) is -1.06. The third kappa shape index (κ3) is 7.11. The highest BCUT2D eigenvalue weighted by atomic mass is 19.4. The molecule has 2 N–H and O–H groups in total. The Morgan fingerprint density at radius 1 is 1.22 bits per heavy atom. The lowest BCUT2D eigenvalue weighted by Gasteiger charge is -2.32. The van der Waals surface area contributed by atoms with Gasteiger partial charge in [-0.1, -0.05) is 36.8 Å². The lowest BCUT2D eigenvalue weighted by molar-refractivity contribution is -0.183. The third-order valence-corrected chi connectivity index (χ3v) is 4.65. The zero-order chi connectivity index (χ0) is 19.9. The first kappa shape index (κ1) is 21.1. The van der Waals surface area contributed by atoms with E-state index in [9.17, 15) is 18.0 Å². The highest BCUT2D eigenvalue weighted by Crippen LogP contribution is 2.37. The van der Waals surface area contributed by atoms with Crippen molar-refractivity contribution in [2.24, 2.45) is 10.9 Å². The van der Waals surface area contributed by atoms with Gasteiger partial charge in [0, 0.05) is 20.1 Å². The van der Waals surface area contributed by atoms with E-state index < -0.39 is 12.1 Å². The number of hydrogen-bond donors (Lipinski definition) is 2. The van der Waals surface area contributed by atoms with Gasteiger partial charge in [-0.05, 0) is 24.8 Å². The number of carbonyl (C=O) groups is 1. The van der Waals surface area contributed by atoms with E-state index in [-0.39, 0.29) is 31.3 Å². The van der Waals surface area contributed by atoms with E-state index in [1.54, 1.807) is 14.1 Å². The number of aliphatic imine (C=N–C) groups is 1. The van der Waals surface area contributed by atoms with Crippen molar-refractivity contribution in [1.29, 1.82) is 0 Å². The van der Waals surface area contributed by atoms with Crippen LogP contribution in [0.2, 0.25) is 0 Å². The van der Waals surface area contributed by atoms with Crippen molar-refractivity contribution >= 4 is 11.9 Å². The van der Waals surface area contributed by atoms with Crippen molar-refractivity contribution in [1.82, 2.24) is 15.5 Å². The number of amides is 1. The Morgan fingerprint density at radius 2 is 1.93 bits per heavy atom. The Balaban J connectivity index is 2.03. The molecule has 1 fully saturated rings. The van der Waals surface area contributed by atoms with E-state index in [1.807, 2.05) is 30.3 Å². The average molecular weight is 384 g/mol. The minimum atomic E-state index is -4.17. The molecule has 0 bridgehead atoms. The number of nitrogens with zero attached hydrogens (tertiary/aromatic N) is 2. The van der Waals surface area contributed by atoms with E-state index in [1.165, 1.54) is 4.90 Å². The van der Waals surface area contributed by atoms with E-state index in [4.69, 9.17) is 0 Å². The Morgan fingerprint density at radius 3 is 2.56 bits per heavy atom.